The molecule has 2 heterocycles. The molecule has 272 valence electrons. The molecule has 0 spiro atoms. The van der Waals surface area contributed by atoms with E-state index in [0.717, 1.165) is 73.3 Å². The highest BCUT2D eigenvalue weighted by atomic mass is 35.5. The van der Waals surface area contributed by atoms with Crippen molar-refractivity contribution >= 4 is 58.0 Å². The molecule has 0 aliphatic carbocycles. The van der Waals surface area contributed by atoms with Gasteiger partial charge in [-0.15, -0.1) is 0 Å². The van der Waals surface area contributed by atoms with Crippen molar-refractivity contribution < 1.29 is 23.9 Å². The summed E-state index contributed by atoms with van der Waals surface area (Å²) >= 11 is 12.7. The summed E-state index contributed by atoms with van der Waals surface area (Å²) in [6.45, 7) is 12.0. The maximum Gasteiger partial charge on any atom is 0.255 e. The zero-order valence-corrected chi connectivity index (χ0v) is 31.6. The van der Waals surface area contributed by atoms with Crippen LogP contribution in [0, 0.1) is 0 Å². The van der Waals surface area contributed by atoms with Crippen molar-refractivity contribution in [2.24, 2.45) is 0 Å². The van der Waals surface area contributed by atoms with Gasteiger partial charge in [-0.25, -0.2) is 0 Å². The van der Waals surface area contributed by atoms with Crippen molar-refractivity contribution in [3.63, 3.8) is 0 Å². The van der Waals surface area contributed by atoms with Crippen molar-refractivity contribution in [3.8, 4) is 5.75 Å². The monoisotopic (exact) mass is 742 g/mol. The Bertz CT molecular complexity index is 2030. The molecule has 0 bridgehead atoms. The molecule has 0 aromatic heterocycles. The quantitative estimate of drug-likeness (QED) is 0.127. The molecule has 0 unspecified atom stereocenters. The fourth-order valence-corrected chi connectivity index (χ4v) is 7.01. The Morgan fingerprint density at radius 1 is 0.712 bits per heavy atom. The van der Waals surface area contributed by atoms with Crippen LogP contribution >= 0.6 is 23.2 Å². The van der Waals surface area contributed by atoms with Gasteiger partial charge in [-0.3, -0.25) is 19.2 Å². The number of hydrogen-bond acceptors (Lipinski definition) is 7. The molecule has 2 amide bonds. The largest absolute Gasteiger partial charge is 0.490 e. The lowest BCUT2D eigenvalue weighted by atomic mass is 9.98. The average molecular weight is 744 g/mol. The molecule has 4 aromatic carbocycles. The summed E-state index contributed by atoms with van der Waals surface area (Å²) in [5.41, 5.74) is 8.58. The number of fused-ring (bicyclic) bond motifs is 2. The predicted molar refractivity (Wildman–Crippen MR) is 208 cm³/mol. The number of ketones is 2. The number of rotatable bonds is 9. The van der Waals surface area contributed by atoms with Crippen molar-refractivity contribution in [2.45, 2.75) is 73.1 Å². The van der Waals surface area contributed by atoms with Crippen molar-refractivity contribution in [3.05, 3.63) is 121 Å². The first-order chi connectivity index (χ1) is 24.8. The molecule has 0 saturated heterocycles. The van der Waals surface area contributed by atoms with Crippen LogP contribution in [0.25, 0.3) is 0 Å². The number of Topliss-reactive ketones (excluding diaryl/α,β-unsaturated/α-hetero) is 2. The van der Waals surface area contributed by atoms with Gasteiger partial charge in [0.15, 0.2) is 11.6 Å². The molecule has 0 fully saturated rings. The summed E-state index contributed by atoms with van der Waals surface area (Å²) in [7, 11) is 0. The number of ether oxygens (including phenoxy) is 1. The first-order valence-electron chi connectivity index (χ1n) is 17.5. The summed E-state index contributed by atoms with van der Waals surface area (Å²) in [4.78, 5) is 49.0. The molecule has 2 aliphatic rings. The topological polar surface area (TPSA) is 126 Å². The van der Waals surface area contributed by atoms with Crippen molar-refractivity contribution in [2.75, 3.05) is 23.7 Å². The highest BCUT2D eigenvalue weighted by molar-refractivity contribution is 6.32. The van der Waals surface area contributed by atoms with Crippen LogP contribution in [0.3, 0.4) is 0 Å². The van der Waals surface area contributed by atoms with Crippen LogP contribution in [-0.4, -0.2) is 42.6 Å². The van der Waals surface area contributed by atoms with Crippen LogP contribution in [0.4, 0.5) is 11.4 Å². The van der Waals surface area contributed by atoms with E-state index in [9.17, 15) is 19.2 Å². The Hall–Kier alpha value is -4.54. The Morgan fingerprint density at radius 3 is 1.65 bits per heavy atom. The smallest absolute Gasteiger partial charge is 0.255 e. The first-order valence-corrected chi connectivity index (χ1v) is 18.2. The second-order valence-electron chi connectivity index (χ2n) is 13.2. The summed E-state index contributed by atoms with van der Waals surface area (Å²) in [5.74, 6) is -0.243. The summed E-state index contributed by atoms with van der Waals surface area (Å²) in [5, 5.41) is 13.7. The van der Waals surface area contributed by atoms with Gasteiger partial charge < -0.3 is 26.0 Å². The molecular weight excluding hydrogens is 699 g/mol. The first kappa shape index (κ1) is 38.7. The van der Waals surface area contributed by atoms with E-state index in [1.165, 1.54) is 13.8 Å². The minimum atomic E-state index is -0.298. The van der Waals surface area contributed by atoms with Gasteiger partial charge >= 0.3 is 0 Å². The minimum absolute atomic E-state index is 0.0330. The van der Waals surface area contributed by atoms with Gasteiger partial charge in [0.25, 0.3) is 11.8 Å². The highest BCUT2D eigenvalue weighted by Gasteiger charge is 2.19. The number of carbonyl (C=O) groups excluding carboxylic acids is 4. The van der Waals surface area contributed by atoms with E-state index in [1.807, 2.05) is 39.0 Å². The van der Waals surface area contributed by atoms with Crippen LogP contribution in [0.5, 0.6) is 5.75 Å². The van der Waals surface area contributed by atoms with E-state index in [4.69, 9.17) is 27.9 Å². The van der Waals surface area contributed by atoms with E-state index in [1.54, 1.807) is 42.5 Å². The maximum absolute atomic E-state index is 12.7. The molecule has 2 aliphatic heterocycles. The highest BCUT2D eigenvalue weighted by Crippen LogP contribution is 2.30. The number of halogens is 2. The molecule has 9 nitrogen and oxygen atoms in total. The molecule has 0 radical (unpaired) electrons. The van der Waals surface area contributed by atoms with Crippen molar-refractivity contribution in [1.82, 2.24) is 10.6 Å². The van der Waals surface area contributed by atoms with E-state index >= 15 is 0 Å². The second-order valence-corrected chi connectivity index (χ2v) is 14.0. The number of anilines is 2. The molecule has 11 heteroatoms. The number of nitrogens with one attached hydrogen (secondary N) is 4. The SMILES string of the molecule is CC(=O)c1cc(C(=O)Nc2cc(Cl)c3c(c2)CNCC3)ccc1OC(C)C.CCc1ccc(C(=O)Nc2cc(Cl)c3c(c2)CNCC3)cc1C(C)=O. The lowest BCUT2D eigenvalue weighted by Crippen LogP contribution is -2.24. The molecule has 4 N–H and O–H groups in total. The van der Waals surface area contributed by atoms with Crippen LogP contribution in [0.1, 0.15) is 104 Å². The fraction of sp³-hybridized carbons (Fsp3) is 0.317. The van der Waals surface area contributed by atoms with Gasteiger partial charge in [-0.05, 0) is 142 Å². The molecule has 0 saturated carbocycles. The van der Waals surface area contributed by atoms with E-state index < -0.39 is 0 Å². The maximum atomic E-state index is 12.7. The lowest BCUT2D eigenvalue weighted by molar-refractivity contribution is 0.0997. The Balaban J connectivity index is 0.000000202. The fourth-order valence-electron chi connectivity index (χ4n) is 6.34. The van der Waals surface area contributed by atoms with Crippen LogP contribution in [0.15, 0.2) is 60.7 Å². The third-order valence-electron chi connectivity index (χ3n) is 8.94. The molecule has 52 heavy (non-hydrogen) atoms. The summed E-state index contributed by atoms with van der Waals surface area (Å²) in [6.07, 6.45) is 2.46. The van der Waals surface area contributed by atoms with E-state index in [-0.39, 0.29) is 29.5 Å². The number of hydrogen-bond donors (Lipinski definition) is 4. The molecular formula is C41H44Cl2N4O5. The van der Waals surface area contributed by atoms with Crippen molar-refractivity contribution in [1.29, 1.82) is 0 Å². The lowest BCUT2D eigenvalue weighted by Gasteiger charge is -2.20. The van der Waals surface area contributed by atoms with Crippen LogP contribution in [-0.2, 0) is 32.4 Å². The third kappa shape index (κ3) is 9.46. The van der Waals surface area contributed by atoms with Gasteiger partial charge in [0.05, 0.1) is 11.7 Å². The van der Waals surface area contributed by atoms with Crippen LogP contribution < -0.4 is 26.0 Å². The molecule has 4 aromatic rings. The van der Waals surface area contributed by atoms with E-state index in [0.29, 0.717) is 49.4 Å². The second kappa shape index (κ2) is 17.3. The molecule has 0 atom stereocenters. The van der Waals surface area contributed by atoms with Crippen LogP contribution in [0.2, 0.25) is 10.0 Å². The Labute approximate surface area is 314 Å². The van der Waals surface area contributed by atoms with Gasteiger partial charge in [0.2, 0.25) is 0 Å². The predicted octanol–water partition coefficient (Wildman–Crippen LogP) is 8.23. The number of aryl methyl sites for hydroxylation is 1. The zero-order valence-electron chi connectivity index (χ0n) is 30.1. The number of benzene rings is 4. The van der Waals surface area contributed by atoms with Gasteiger partial charge in [0, 0.05) is 51.2 Å². The Morgan fingerprint density at radius 2 is 1.19 bits per heavy atom. The standard InChI is InChI=1S/C21H23ClN2O3.C20H21ClN2O2/c1-12(2)27-20-5-4-14(9-18(20)13(3)25)21(26)24-16-8-15-11-23-7-6-17(15)19(22)10-16;1-3-13-4-5-14(9-18(13)12(2)24)20(25)23-16-8-15-11-22-7-6-17(15)19(21)10-16/h4-5,8-10,12,23H,6-7,11H2,1-3H3,(H,24,26);4-5,8-10,22H,3,6-7,11H2,1-2H3,(H,23,25). The Kier molecular flexibility index (Phi) is 12.9. The summed E-state index contributed by atoms with van der Waals surface area (Å²) < 4.78 is 5.66. The normalized spacial score (nSPS) is 13.2. The zero-order chi connectivity index (χ0) is 37.5. The average Bonchev–Trinajstić information content (AvgIpc) is 3.11. The number of carbonyl (C=O) groups is 4. The van der Waals surface area contributed by atoms with E-state index in [2.05, 4.69) is 21.3 Å². The van der Waals surface area contributed by atoms with Gasteiger partial charge in [-0.1, -0.05) is 36.2 Å². The number of amides is 2. The molecule has 6 rings (SSSR count). The minimum Gasteiger partial charge on any atom is -0.490 e. The third-order valence-corrected chi connectivity index (χ3v) is 9.62. The van der Waals surface area contributed by atoms with Gasteiger partial charge in [-0.2, -0.15) is 0 Å². The summed E-state index contributed by atoms with van der Waals surface area (Å²) in [6, 6.07) is 17.6. The van der Waals surface area contributed by atoms with Gasteiger partial charge in [0.1, 0.15) is 5.75 Å².